The summed E-state index contributed by atoms with van der Waals surface area (Å²) in [5.41, 5.74) is 4.19. The summed E-state index contributed by atoms with van der Waals surface area (Å²) in [6.07, 6.45) is 0. The molecule has 0 atom stereocenters. The Morgan fingerprint density at radius 1 is 0.931 bits per heavy atom. The molecule has 3 aromatic rings. The van der Waals surface area contributed by atoms with E-state index >= 15 is 0 Å². The van der Waals surface area contributed by atoms with E-state index < -0.39 is 0 Å². The summed E-state index contributed by atoms with van der Waals surface area (Å²) in [4.78, 5) is 0.654. The molecule has 0 bridgehead atoms. The fraction of sp³-hybridized carbons (Fsp3) is 0.174. The van der Waals surface area contributed by atoms with Gasteiger partial charge in [0, 0.05) is 12.1 Å². The van der Waals surface area contributed by atoms with Crippen molar-refractivity contribution in [2.75, 3.05) is 7.11 Å². The fourth-order valence-corrected chi connectivity index (χ4v) is 3.34. The predicted molar refractivity (Wildman–Crippen MR) is 124 cm³/mol. The minimum atomic E-state index is 0.350. The average Bonchev–Trinajstić information content (AvgIpc) is 2.72. The van der Waals surface area contributed by atoms with E-state index in [2.05, 4.69) is 30.4 Å². The highest BCUT2D eigenvalue weighted by Crippen LogP contribution is 2.30. The quantitative estimate of drug-likeness (QED) is 0.428. The minimum Gasteiger partial charge on any atom is -0.493 e. The van der Waals surface area contributed by atoms with Crippen LogP contribution in [0.2, 0.25) is 10.0 Å². The van der Waals surface area contributed by atoms with Crippen molar-refractivity contribution in [1.82, 2.24) is 5.32 Å². The molecule has 3 aromatic carbocycles. The number of nitrogens with one attached hydrogen (secondary N) is 1. The van der Waals surface area contributed by atoms with Gasteiger partial charge in [0.05, 0.1) is 17.2 Å². The standard InChI is InChI=1S/C23H21Cl2NO2S/c1-15-4-3-5-16(10-15)13-26-23(29)18-7-9-21(22(12-18)27-2)28-14-17-6-8-19(24)20(25)11-17/h3-12H,13-14H2,1-2H3,(H,26,29). The molecule has 6 heteroatoms. The molecule has 0 fully saturated rings. The number of hydrogen-bond acceptors (Lipinski definition) is 3. The zero-order valence-corrected chi connectivity index (χ0v) is 18.5. The van der Waals surface area contributed by atoms with Gasteiger partial charge in [0.1, 0.15) is 11.6 Å². The highest BCUT2D eigenvalue weighted by molar-refractivity contribution is 7.80. The van der Waals surface area contributed by atoms with Crippen molar-refractivity contribution >= 4 is 40.4 Å². The first-order valence-electron chi connectivity index (χ1n) is 9.05. The second-order valence-electron chi connectivity index (χ2n) is 6.57. The van der Waals surface area contributed by atoms with E-state index in [9.17, 15) is 0 Å². The van der Waals surface area contributed by atoms with E-state index in [0.29, 0.717) is 39.7 Å². The highest BCUT2D eigenvalue weighted by Gasteiger charge is 2.10. The Balaban J connectivity index is 1.65. The van der Waals surface area contributed by atoms with Crippen molar-refractivity contribution in [3.05, 3.63) is 93.0 Å². The zero-order valence-electron chi connectivity index (χ0n) is 16.2. The van der Waals surface area contributed by atoms with Crippen molar-refractivity contribution in [2.45, 2.75) is 20.1 Å². The average molecular weight is 446 g/mol. The molecule has 0 radical (unpaired) electrons. The van der Waals surface area contributed by atoms with Crippen LogP contribution in [0.5, 0.6) is 11.5 Å². The molecule has 0 aliphatic rings. The van der Waals surface area contributed by atoms with Crippen LogP contribution in [0.3, 0.4) is 0 Å². The van der Waals surface area contributed by atoms with Crippen LogP contribution >= 0.6 is 35.4 Å². The van der Waals surface area contributed by atoms with Gasteiger partial charge in [-0.2, -0.15) is 0 Å². The van der Waals surface area contributed by atoms with E-state index in [-0.39, 0.29) is 0 Å². The first kappa shape index (κ1) is 21.4. The summed E-state index contributed by atoms with van der Waals surface area (Å²) in [5.74, 6) is 1.24. The van der Waals surface area contributed by atoms with E-state index in [1.54, 1.807) is 19.2 Å². The van der Waals surface area contributed by atoms with Crippen molar-refractivity contribution in [1.29, 1.82) is 0 Å². The van der Waals surface area contributed by atoms with E-state index in [4.69, 9.17) is 44.9 Å². The van der Waals surface area contributed by atoms with Gasteiger partial charge in [-0.25, -0.2) is 0 Å². The molecule has 0 amide bonds. The van der Waals surface area contributed by atoms with Gasteiger partial charge in [-0.1, -0.05) is 71.3 Å². The molecule has 1 N–H and O–H groups in total. The molecule has 0 aliphatic carbocycles. The summed E-state index contributed by atoms with van der Waals surface area (Å²) in [5, 5.41) is 4.31. The van der Waals surface area contributed by atoms with Crippen molar-refractivity contribution in [2.24, 2.45) is 0 Å². The van der Waals surface area contributed by atoms with Gasteiger partial charge in [-0.15, -0.1) is 0 Å². The van der Waals surface area contributed by atoms with Crippen LogP contribution in [0.4, 0.5) is 0 Å². The Kier molecular flexibility index (Phi) is 7.37. The molecule has 0 heterocycles. The number of benzene rings is 3. The maximum absolute atomic E-state index is 6.06. The molecule has 0 spiro atoms. The number of rotatable bonds is 7. The molecular formula is C23H21Cl2NO2S. The Bertz CT molecular complexity index is 1020. The number of halogens is 2. The van der Waals surface area contributed by atoms with Gasteiger partial charge in [0.25, 0.3) is 0 Å². The maximum atomic E-state index is 6.06. The Morgan fingerprint density at radius 2 is 1.76 bits per heavy atom. The van der Waals surface area contributed by atoms with Crippen molar-refractivity contribution in [3.63, 3.8) is 0 Å². The van der Waals surface area contributed by atoms with Gasteiger partial charge < -0.3 is 14.8 Å². The normalized spacial score (nSPS) is 10.5. The summed E-state index contributed by atoms with van der Waals surface area (Å²) < 4.78 is 11.4. The molecule has 150 valence electrons. The molecule has 0 unspecified atom stereocenters. The highest BCUT2D eigenvalue weighted by atomic mass is 35.5. The molecule has 0 saturated carbocycles. The van der Waals surface area contributed by atoms with Crippen molar-refractivity contribution < 1.29 is 9.47 Å². The molecule has 3 nitrogen and oxygen atoms in total. The largest absolute Gasteiger partial charge is 0.493 e. The lowest BCUT2D eigenvalue weighted by atomic mass is 10.1. The summed E-state index contributed by atoms with van der Waals surface area (Å²) in [6.45, 7) is 3.09. The van der Waals surface area contributed by atoms with Gasteiger partial charge >= 0.3 is 0 Å². The molecule has 0 aromatic heterocycles. The number of methoxy groups -OCH3 is 1. The maximum Gasteiger partial charge on any atom is 0.161 e. The SMILES string of the molecule is COc1cc(C(=S)NCc2cccc(C)c2)ccc1OCc1ccc(Cl)c(Cl)c1. The summed E-state index contributed by atoms with van der Waals surface area (Å²) >= 11 is 17.5. The lowest BCUT2D eigenvalue weighted by Crippen LogP contribution is -2.21. The second kappa shape index (κ2) is 9.97. The third kappa shape index (κ3) is 5.86. The van der Waals surface area contributed by atoms with Gasteiger partial charge in [-0.05, 0) is 48.4 Å². The molecule has 0 saturated heterocycles. The lowest BCUT2D eigenvalue weighted by Gasteiger charge is -2.14. The van der Waals surface area contributed by atoms with Crippen LogP contribution in [0.15, 0.2) is 60.7 Å². The van der Waals surface area contributed by atoms with Gasteiger partial charge in [-0.3, -0.25) is 0 Å². The molecule has 0 aliphatic heterocycles. The smallest absolute Gasteiger partial charge is 0.161 e. The third-order valence-corrected chi connectivity index (χ3v) is 5.46. The van der Waals surface area contributed by atoms with Gasteiger partial charge in [0.15, 0.2) is 11.5 Å². The van der Waals surface area contributed by atoms with Gasteiger partial charge in [0.2, 0.25) is 0 Å². The fourth-order valence-electron chi connectivity index (χ4n) is 2.83. The second-order valence-corrected chi connectivity index (χ2v) is 7.80. The van der Waals surface area contributed by atoms with Crippen LogP contribution < -0.4 is 14.8 Å². The molecule has 29 heavy (non-hydrogen) atoms. The first-order valence-corrected chi connectivity index (χ1v) is 10.2. The van der Waals surface area contributed by atoms with Crippen LogP contribution in [-0.2, 0) is 13.2 Å². The molecule has 3 rings (SSSR count). The number of hydrogen-bond donors (Lipinski definition) is 1. The minimum absolute atomic E-state index is 0.350. The predicted octanol–water partition coefficient (Wildman–Crippen LogP) is 6.35. The Morgan fingerprint density at radius 3 is 2.48 bits per heavy atom. The summed E-state index contributed by atoms with van der Waals surface area (Å²) in [7, 11) is 1.61. The monoisotopic (exact) mass is 445 g/mol. The van der Waals surface area contributed by atoms with E-state index in [1.807, 2.05) is 30.3 Å². The molecular weight excluding hydrogens is 425 g/mol. The number of ether oxygens (including phenoxy) is 2. The number of thiocarbonyl (C=S) groups is 1. The topological polar surface area (TPSA) is 30.5 Å². The zero-order chi connectivity index (χ0) is 20.8. The number of aryl methyl sites for hydroxylation is 1. The van der Waals surface area contributed by atoms with E-state index in [0.717, 1.165) is 11.1 Å². The van der Waals surface area contributed by atoms with Crippen LogP contribution in [0.25, 0.3) is 0 Å². The van der Waals surface area contributed by atoms with E-state index in [1.165, 1.54) is 11.1 Å². The first-order chi connectivity index (χ1) is 14.0. The lowest BCUT2D eigenvalue weighted by molar-refractivity contribution is 0.284. The summed E-state index contributed by atoms with van der Waals surface area (Å²) in [6, 6.07) is 19.4. The van der Waals surface area contributed by atoms with Crippen molar-refractivity contribution in [3.8, 4) is 11.5 Å². The van der Waals surface area contributed by atoms with Crippen LogP contribution in [-0.4, -0.2) is 12.1 Å². The van der Waals surface area contributed by atoms with Crippen LogP contribution in [0.1, 0.15) is 22.3 Å². The Labute approximate surface area is 186 Å². The third-order valence-electron chi connectivity index (χ3n) is 4.34. The van der Waals surface area contributed by atoms with Crippen LogP contribution in [0, 0.1) is 6.92 Å². The Hall–Kier alpha value is -2.27.